The molecule has 0 radical (unpaired) electrons. The number of methoxy groups -OCH3 is 1. The van der Waals surface area contributed by atoms with Gasteiger partial charge >= 0.3 is 17.9 Å². The molecular weight excluding hydrogens is 382 g/mol. The van der Waals surface area contributed by atoms with E-state index in [0.29, 0.717) is 16.1 Å². The zero-order chi connectivity index (χ0) is 20.1. The van der Waals surface area contributed by atoms with E-state index in [4.69, 9.17) is 21.1 Å². The van der Waals surface area contributed by atoms with Crippen LogP contribution in [-0.4, -0.2) is 25.0 Å². The van der Waals surface area contributed by atoms with Crippen LogP contribution in [0.25, 0.3) is 0 Å². The summed E-state index contributed by atoms with van der Waals surface area (Å²) in [5.74, 6) is -3.15. The van der Waals surface area contributed by atoms with Crippen LogP contribution >= 0.6 is 11.6 Å². The molecule has 0 bridgehead atoms. The van der Waals surface area contributed by atoms with E-state index in [0.717, 1.165) is 0 Å². The molecule has 2 aromatic rings. The molecule has 0 saturated carbocycles. The van der Waals surface area contributed by atoms with Crippen LogP contribution < -0.4 is 5.32 Å². The van der Waals surface area contributed by atoms with E-state index in [2.05, 4.69) is 5.32 Å². The van der Waals surface area contributed by atoms with E-state index >= 15 is 0 Å². The molecule has 0 unspecified atom stereocenters. The van der Waals surface area contributed by atoms with Crippen molar-refractivity contribution in [1.82, 2.24) is 5.32 Å². The molecule has 6 nitrogen and oxygen atoms in total. The number of halogens is 1. The van der Waals surface area contributed by atoms with Gasteiger partial charge in [-0.25, -0.2) is 4.79 Å². The Hall–Kier alpha value is -2.70. The van der Waals surface area contributed by atoms with Crippen molar-refractivity contribution in [3.8, 4) is 0 Å². The van der Waals surface area contributed by atoms with Gasteiger partial charge in [-0.05, 0) is 30.2 Å². The van der Waals surface area contributed by atoms with Crippen LogP contribution in [0.2, 0.25) is 5.02 Å². The number of rotatable bonds is 3. The number of benzene rings is 2. The van der Waals surface area contributed by atoms with Gasteiger partial charge in [-0.2, -0.15) is 0 Å². The fourth-order valence-electron chi connectivity index (χ4n) is 4.49. The van der Waals surface area contributed by atoms with Crippen LogP contribution in [0, 0.1) is 11.3 Å². The van der Waals surface area contributed by atoms with Crippen molar-refractivity contribution in [2.45, 2.75) is 18.5 Å². The second kappa shape index (κ2) is 6.43. The maximum atomic E-state index is 13.1. The molecule has 4 rings (SSSR count). The Bertz CT molecular complexity index is 961. The van der Waals surface area contributed by atoms with Crippen LogP contribution in [0.3, 0.4) is 0 Å². The molecule has 2 saturated heterocycles. The second-order valence-corrected chi connectivity index (χ2v) is 7.66. The summed E-state index contributed by atoms with van der Waals surface area (Å²) < 4.78 is 10.1. The second-order valence-electron chi connectivity index (χ2n) is 7.22. The average molecular weight is 400 g/mol. The summed E-state index contributed by atoms with van der Waals surface area (Å²) in [6.45, 7) is 1.64. The highest BCUT2D eigenvalue weighted by atomic mass is 35.5. The van der Waals surface area contributed by atoms with E-state index in [1.165, 1.54) is 7.11 Å². The fraction of sp³-hybridized carbons (Fsp3) is 0.286. The summed E-state index contributed by atoms with van der Waals surface area (Å²) >= 11 is 6.00. The van der Waals surface area contributed by atoms with Gasteiger partial charge in [0.1, 0.15) is 11.3 Å². The first-order chi connectivity index (χ1) is 13.4. The van der Waals surface area contributed by atoms with Gasteiger partial charge in [-0.1, -0.05) is 54.1 Å². The van der Waals surface area contributed by atoms with Crippen molar-refractivity contribution in [1.29, 1.82) is 0 Å². The molecule has 2 aliphatic rings. The van der Waals surface area contributed by atoms with Gasteiger partial charge in [0.25, 0.3) is 0 Å². The van der Waals surface area contributed by atoms with Crippen molar-refractivity contribution in [3.63, 3.8) is 0 Å². The van der Waals surface area contributed by atoms with E-state index < -0.39 is 40.8 Å². The summed E-state index contributed by atoms with van der Waals surface area (Å²) in [4.78, 5) is 38.7. The Morgan fingerprint density at radius 3 is 2.36 bits per heavy atom. The zero-order valence-corrected chi connectivity index (χ0v) is 16.0. The Balaban J connectivity index is 1.97. The van der Waals surface area contributed by atoms with Gasteiger partial charge in [-0.3, -0.25) is 14.9 Å². The van der Waals surface area contributed by atoms with Crippen LogP contribution in [0.4, 0.5) is 0 Å². The Morgan fingerprint density at radius 1 is 1.11 bits per heavy atom. The summed E-state index contributed by atoms with van der Waals surface area (Å²) in [6.07, 6.45) is 0. The van der Waals surface area contributed by atoms with Crippen molar-refractivity contribution < 1.29 is 23.9 Å². The number of esters is 3. The molecule has 0 amide bonds. The van der Waals surface area contributed by atoms with Gasteiger partial charge in [0.05, 0.1) is 13.2 Å². The number of carbonyl (C=O) groups excluding carboxylic acids is 3. The molecule has 144 valence electrons. The number of cyclic esters (lactones) is 2. The molecule has 2 fully saturated rings. The standard InChI is InChI=1S/C21H18ClNO5/c1-20-15(17(24)28-18(20)25)21(19(26)27-2,13-6-4-3-5-7-13)23-16(20)12-8-10-14(22)11-9-12/h3-11,15-16,23H,1-2H3/t15-,16+,20+,21+/m0/s1. The average Bonchev–Trinajstić information content (AvgIpc) is 3.12. The first kappa shape index (κ1) is 18.7. The molecule has 7 heteroatoms. The normalized spacial score (nSPS) is 31.4. The van der Waals surface area contributed by atoms with E-state index in [9.17, 15) is 14.4 Å². The Morgan fingerprint density at radius 2 is 1.75 bits per heavy atom. The van der Waals surface area contributed by atoms with Crippen LogP contribution in [0.1, 0.15) is 24.1 Å². The third kappa shape index (κ3) is 2.34. The first-order valence-corrected chi connectivity index (χ1v) is 9.16. The first-order valence-electron chi connectivity index (χ1n) is 8.79. The van der Waals surface area contributed by atoms with Crippen molar-refractivity contribution in [3.05, 3.63) is 70.7 Å². The zero-order valence-electron chi connectivity index (χ0n) is 15.3. The topological polar surface area (TPSA) is 81.7 Å². The smallest absolute Gasteiger partial charge is 0.331 e. The summed E-state index contributed by atoms with van der Waals surface area (Å²) in [5, 5.41) is 3.81. The van der Waals surface area contributed by atoms with Crippen LogP contribution in [0.5, 0.6) is 0 Å². The number of ether oxygens (including phenoxy) is 2. The lowest BCUT2D eigenvalue weighted by Crippen LogP contribution is -2.52. The minimum Gasteiger partial charge on any atom is -0.467 e. The summed E-state index contributed by atoms with van der Waals surface area (Å²) in [6, 6.07) is 15.0. The third-order valence-corrected chi connectivity index (χ3v) is 6.07. The minimum atomic E-state index is -1.56. The van der Waals surface area contributed by atoms with Gasteiger partial charge in [-0.15, -0.1) is 0 Å². The van der Waals surface area contributed by atoms with Crippen molar-refractivity contribution in [2.24, 2.45) is 11.3 Å². The van der Waals surface area contributed by atoms with Crippen LogP contribution in [0.15, 0.2) is 54.6 Å². The summed E-state index contributed by atoms with van der Waals surface area (Å²) in [7, 11) is 1.25. The largest absolute Gasteiger partial charge is 0.467 e. The Kier molecular flexibility index (Phi) is 4.28. The summed E-state index contributed by atoms with van der Waals surface area (Å²) in [5.41, 5.74) is -1.61. The monoisotopic (exact) mass is 399 g/mol. The Labute approximate surface area is 166 Å². The highest BCUT2D eigenvalue weighted by Gasteiger charge is 2.75. The predicted molar refractivity (Wildman–Crippen MR) is 100 cm³/mol. The predicted octanol–water partition coefficient (Wildman–Crippen LogP) is 2.76. The minimum absolute atomic E-state index is 0.529. The molecule has 2 heterocycles. The van der Waals surface area contributed by atoms with Gasteiger partial charge in [0.2, 0.25) is 0 Å². The number of hydrogen-bond donors (Lipinski definition) is 1. The molecule has 28 heavy (non-hydrogen) atoms. The molecule has 2 aromatic carbocycles. The quantitative estimate of drug-likeness (QED) is 0.631. The third-order valence-electron chi connectivity index (χ3n) is 5.81. The number of hydrogen-bond acceptors (Lipinski definition) is 6. The lowest BCUT2D eigenvalue weighted by atomic mass is 9.67. The highest BCUT2D eigenvalue weighted by Crippen LogP contribution is 2.60. The number of carbonyl (C=O) groups is 3. The molecule has 0 spiro atoms. The molecule has 4 atom stereocenters. The van der Waals surface area contributed by atoms with E-state index in [1.54, 1.807) is 61.5 Å². The van der Waals surface area contributed by atoms with E-state index in [-0.39, 0.29) is 0 Å². The van der Waals surface area contributed by atoms with Gasteiger partial charge < -0.3 is 9.47 Å². The number of fused-ring (bicyclic) bond motifs is 1. The molecule has 0 aromatic heterocycles. The van der Waals surface area contributed by atoms with Crippen LogP contribution in [-0.2, 0) is 29.4 Å². The molecular formula is C21H18ClNO5. The number of nitrogens with one attached hydrogen (secondary N) is 1. The lowest BCUT2D eigenvalue weighted by Gasteiger charge is -2.31. The molecule has 2 aliphatic heterocycles. The van der Waals surface area contributed by atoms with Gasteiger partial charge in [0.15, 0.2) is 5.54 Å². The fourth-order valence-corrected chi connectivity index (χ4v) is 4.61. The van der Waals surface area contributed by atoms with Crippen molar-refractivity contribution >= 4 is 29.5 Å². The molecule has 1 N–H and O–H groups in total. The SMILES string of the molecule is COC(=O)[C@]1(c2ccccc2)N[C@H](c2ccc(Cl)cc2)[C@]2(C)C(=O)OC(=O)[C@@H]21. The highest BCUT2D eigenvalue weighted by molar-refractivity contribution is 6.30. The van der Waals surface area contributed by atoms with E-state index in [1.807, 2.05) is 0 Å². The lowest BCUT2D eigenvalue weighted by molar-refractivity contribution is -0.160. The molecule has 0 aliphatic carbocycles. The van der Waals surface area contributed by atoms with Gasteiger partial charge in [0, 0.05) is 5.02 Å². The van der Waals surface area contributed by atoms with Crippen molar-refractivity contribution in [2.75, 3.05) is 7.11 Å². The maximum absolute atomic E-state index is 13.1. The maximum Gasteiger partial charge on any atom is 0.331 e.